The maximum atomic E-state index is 11.4. The number of piperidine rings is 1. The van der Waals surface area contributed by atoms with E-state index in [1.54, 1.807) is 14.1 Å². The van der Waals surface area contributed by atoms with E-state index in [1.165, 1.54) is 9.80 Å². The number of amides is 2. The third-order valence-electron chi connectivity index (χ3n) is 2.06. The summed E-state index contributed by atoms with van der Waals surface area (Å²) in [5.74, 6) is 0. The Balaban J connectivity index is 2.55. The molecule has 2 atom stereocenters. The molecule has 1 aliphatic heterocycles. The SMILES string of the molecule is CN(C)C(=O)N1C[C@H](O)C[C@H](O)C1. The molecule has 5 heteroatoms. The summed E-state index contributed by atoms with van der Waals surface area (Å²) in [5.41, 5.74) is 0. The Hall–Kier alpha value is -0.810. The van der Waals surface area contributed by atoms with Gasteiger partial charge in [-0.05, 0) is 0 Å². The van der Waals surface area contributed by atoms with Crippen LogP contribution < -0.4 is 0 Å². The van der Waals surface area contributed by atoms with Crippen molar-refractivity contribution in [2.45, 2.75) is 18.6 Å². The first-order valence-corrected chi connectivity index (χ1v) is 4.33. The maximum Gasteiger partial charge on any atom is 0.319 e. The largest absolute Gasteiger partial charge is 0.391 e. The summed E-state index contributed by atoms with van der Waals surface area (Å²) in [6.45, 7) is 0.627. The van der Waals surface area contributed by atoms with Crippen LogP contribution in [0.2, 0.25) is 0 Å². The van der Waals surface area contributed by atoms with Crippen LogP contribution in [0.1, 0.15) is 6.42 Å². The standard InChI is InChI=1S/C8H16N2O3/c1-9(2)8(13)10-4-6(11)3-7(12)5-10/h6-7,11-12H,3-5H2,1-2H3/t6-,7+. The van der Waals surface area contributed by atoms with Crippen molar-refractivity contribution in [1.29, 1.82) is 0 Å². The number of likely N-dealkylation sites (tertiary alicyclic amines) is 1. The number of nitrogens with zero attached hydrogens (tertiary/aromatic N) is 2. The van der Waals surface area contributed by atoms with E-state index in [1.807, 2.05) is 0 Å². The highest BCUT2D eigenvalue weighted by atomic mass is 16.3. The third-order valence-corrected chi connectivity index (χ3v) is 2.06. The average Bonchev–Trinajstić information content (AvgIpc) is 2.01. The lowest BCUT2D eigenvalue weighted by atomic mass is 10.1. The van der Waals surface area contributed by atoms with Crippen LogP contribution in [0.25, 0.3) is 0 Å². The molecule has 5 nitrogen and oxygen atoms in total. The lowest BCUT2D eigenvalue weighted by Crippen LogP contribution is -2.51. The maximum absolute atomic E-state index is 11.4. The smallest absolute Gasteiger partial charge is 0.319 e. The predicted molar refractivity (Wildman–Crippen MR) is 47.3 cm³/mol. The molecule has 1 rings (SSSR count). The van der Waals surface area contributed by atoms with Crippen molar-refractivity contribution in [1.82, 2.24) is 9.80 Å². The highest BCUT2D eigenvalue weighted by molar-refractivity contribution is 5.74. The molecular weight excluding hydrogens is 172 g/mol. The van der Waals surface area contributed by atoms with Gasteiger partial charge in [0.25, 0.3) is 0 Å². The zero-order valence-corrected chi connectivity index (χ0v) is 7.97. The summed E-state index contributed by atoms with van der Waals surface area (Å²) in [4.78, 5) is 14.3. The van der Waals surface area contributed by atoms with Gasteiger partial charge in [-0.15, -0.1) is 0 Å². The molecule has 0 aliphatic carbocycles. The number of carbonyl (C=O) groups excluding carboxylic acids is 1. The average molecular weight is 188 g/mol. The Morgan fingerprint density at radius 3 is 2.15 bits per heavy atom. The summed E-state index contributed by atoms with van der Waals surface area (Å²) in [5, 5.41) is 18.6. The van der Waals surface area contributed by atoms with E-state index < -0.39 is 12.2 Å². The van der Waals surface area contributed by atoms with Crippen molar-refractivity contribution in [2.24, 2.45) is 0 Å². The Morgan fingerprint density at radius 1 is 1.31 bits per heavy atom. The summed E-state index contributed by atoms with van der Waals surface area (Å²) < 4.78 is 0. The summed E-state index contributed by atoms with van der Waals surface area (Å²) in [6.07, 6.45) is -0.850. The van der Waals surface area contributed by atoms with Crippen molar-refractivity contribution in [2.75, 3.05) is 27.2 Å². The van der Waals surface area contributed by atoms with Gasteiger partial charge in [0.1, 0.15) is 0 Å². The molecule has 2 amide bonds. The van der Waals surface area contributed by atoms with Gasteiger partial charge in [-0.2, -0.15) is 0 Å². The van der Waals surface area contributed by atoms with Gasteiger partial charge in [-0.25, -0.2) is 4.79 Å². The minimum Gasteiger partial charge on any atom is -0.391 e. The van der Waals surface area contributed by atoms with Gasteiger partial charge in [-0.1, -0.05) is 0 Å². The van der Waals surface area contributed by atoms with Gasteiger partial charge < -0.3 is 20.0 Å². The number of aliphatic hydroxyl groups is 2. The molecule has 0 aromatic rings. The second kappa shape index (κ2) is 3.93. The molecule has 0 unspecified atom stereocenters. The molecule has 1 saturated heterocycles. The topological polar surface area (TPSA) is 64.0 Å². The van der Waals surface area contributed by atoms with Crippen LogP contribution in [0.4, 0.5) is 4.79 Å². The second-order valence-corrected chi connectivity index (χ2v) is 3.63. The van der Waals surface area contributed by atoms with Gasteiger partial charge in [0.05, 0.1) is 12.2 Å². The van der Waals surface area contributed by atoms with Gasteiger partial charge in [0.15, 0.2) is 0 Å². The van der Waals surface area contributed by atoms with Gasteiger partial charge in [0.2, 0.25) is 0 Å². The molecule has 1 aliphatic rings. The quantitative estimate of drug-likeness (QED) is 0.517. The number of rotatable bonds is 0. The molecule has 1 heterocycles. The summed E-state index contributed by atoms with van der Waals surface area (Å²) >= 11 is 0. The number of hydrogen-bond acceptors (Lipinski definition) is 3. The molecule has 0 bridgehead atoms. The molecule has 0 saturated carbocycles. The third kappa shape index (κ3) is 2.57. The first-order chi connectivity index (χ1) is 6.00. The normalized spacial score (nSPS) is 28.8. The molecule has 0 aromatic heterocycles. The fraction of sp³-hybridized carbons (Fsp3) is 0.875. The van der Waals surface area contributed by atoms with Crippen molar-refractivity contribution < 1.29 is 15.0 Å². The monoisotopic (exact) mass is 188 g/mol. The predicted octanol–water partition coefficient (Wildman–Crippen LogP) is -0.905. The number of hydrogen-bond donors (Lipinski definition) is 2. The molecule has 2 N–H and O–H groups in total. The summed E-state index contributed by atoms with van der Waals surface area (Å²) in [7, 11) is 3.30. The first-order valence-electron chi connectivity index (χ1n) is 4.33. The highest BCUT2D eigenvalue weighted by Crippen LogP contribution is 2.11. The fourth-order valence-electron chi connectivity index (χ4n) is 1.49. The van der Waals surface area contributed by atoms with E-state index in [0.717, 1.165) is 0 Å². The minimum absolute atomic E-state index is 0.169. The van der Waals surface area contributed by atoms with Crippen LogP contribution in [0.15, 0.2) is 0 Å². The molecule has 0 radical (unpaired) electrons. The van der Waals surface area contributed by atoms with Crippen LogP contribution in [-0.4, -0.2) is 65.4 Å². The minimum atomic E-state index is -0.604. The number of β-amino-alcohol motifs (C(OH)–C–C–N with tert-alkyl or cyclic N) is 2. The van der Waals surface area contributed by atoms with Crippen LogP contribution in [-0.2, 0) is 0 Å². The Kier molecular flexibility index (Phi) is 3.11. The molecular formula is C8H16N2O3. The van der Waals surface area contributed by atoms with Gasteiger partial charge in [-0.3, -0.25) is 0 Å². The van der Waals surface area contributed by atoms with Gasteiger partial charge >= 0.3 is 6.03 Å². The summed E-state index contributed by atoms with van der Waals surface area (Å²) in [6, 6.07) is -0.169. The lowest BCUT2D eigenvalue weighted by molar-refractivity contribution is 0.00273. The van der Waals surface area contributed by atoms with Gasteiger partial charge in [0, 0.05) is 33.6 Å². The van der Waals surface area contributed by atoms with E-state index in [-0.39, 0.29) is 6.03 Å². The van der Waals surface area contributed by atoms with E-state index in [9.17, 15) is 15.0 Å². The van der Waals surface area contributed by atoms with Crippen LogP contribution >= 0.6 is 0 Å². The zero-order chi connectivity index (χ0) is 10.0. The van der Waals surface area contributed by atoms with Crippen molar-refractivity contribution in [3.63, 3.8) is 0 Å². The number of carbonyl (C=O) groups is 1. The molecule has 1 fully saturated rings. The fourth-order valence-corrected chi connectivity index (χ4v) is 1.49. The zero-order valence-electron chi connectivity index (χ0n) is 7.97. The Morgan fingerprint density at radius 2 is 1.77 bits per heavy atom. The molecule has 13 heavy (non-hydrogen) atoms. The van der Waals surface area contributed by atoms with Crippen molar-refractivity contribution >= 4 is 6.03 Å². The second-order valence-electron chi connectivity index (χ2n) is 3.63. The Labute approximate surface area is 77.6 Å². The molecule has 0 spiro atoms. The van der Waals surface area contributed by atoms with Crippen LogP contribution in [0, 0.1) is 0 Å². The molecule has 76 valence electrons. The highest BCUT2D eigenvalue weighted by Gasteiger charge is 2.28. The van der Waals surface area contributed by atoms with E-state index in [4.69, 9.17) is 0 Å². The van der Waals surface area contributed by atoms with E-state index >= 15 is 0 Å². The van der Waals surface area contributed by atoms with E-state index in [0.29, 0.717) is 19.5 Å². The van der Waals surface area contributed by atoms with E-state index in [2.05, 4.69) is 0 Å². The lowest BCUT2D eigenvalue weighted by Gasteiger charge is -2.34. The number of urea groups is 1. The molecule has 0 aromatic carbocycles. The Bertz CT molecular complexity index is 186. The first kappa shape index (κ1) is 10.3. The van der Waals surface area contributed by atoms with Crippen molar-refractivity contribution in [3.8, 4) is 0 Å². The van der Waals surface area contributed by atoms with Crippen molar-refractivity contribution in [3.05, 3.63) is 0 Å². The number of aliphatic hydroxyl groups excluding tert-OH is 2. The van der Waals surface area contributed by atoms with Crippen LogP contribution in [0.5, 0.6) is 0 Å². The van der Waals surface area contributed by atoms with Crippen LogP contribution in [0.3, 0.4) is 0 Å².